The van der Waals surface area contributed by atoms with Gasteiger partial charge in [-0.05, 0) is 62.1 Å². The zero-order chi connectivity index (χ0) is 24.1. The van der Waals surface area contributed by atoms with Crippen molar-refractivity contribution in [3.05, 3.63) is 69.8 Å². The van der Waals surface area contributed by atoms with E-state index in [-0.39, 0.29) is 18.4 Å². The maximum Gasteiger partial charge on any atom is 0.304 e. The maximum atomic E-state index is 10.9. The van der Waals surface area contributed by atoms with Crippen LogP contribution in [0.4, 0.5) is 0 Å². The van der Waals surface area contributed by atoms with E-state index >= 15 is 0 Å². The van der Waals surface area contributed by atoms with Crippen molar-refractivity contribution in [2.24, 2.45) is 10.9 Å². The molecule has 2 aromatic carbocycles. The van der Waals surface area contributed by atoms with Crippen molar-refractivity contribution in [2.45, 2.75) is 46.3 Å². The summed E-state index contributed by atoms with van der Waals surface area (Å²) in [6, 6.07) is 9.29. The molecule has 0 atom stereocenters. The summed E-state index contributed by atoms with van der Waals surface area (Å²) in [4.78, 5) is 22.6. The Kier molecular flexibility index (Phi) is 8.13. The Bertz CT molecular complexity index is 1080. The first-order chi connectivity index (χ1) is 15.7. The van der Waals surface area contributed by atoms with E-state index in [1.54, 1.807) is 18.2 Å². The highest BCUT2D eigenvalue weighted by molar-refractivity contribution is 6.32. The molecule has 0 radical (unpaired) electrons. The molecule has 1 aliphatic heterocycles. The highest BCUT2D eigenvalue weighted by Gasteiger charge is 2.20. The molecule has 3 rings (SSSR count). The maximum absolute atomic E-state index is 10.9. The molecule has 0 fully saturated rings. The number of carboxylic acids is 1. The molecule has 1 heterocycles. The first kappa shape index (κ1) is 24.8. The van der Waals surface area contributed by atoms with Gasteiger partial charge >= 0.3 is 5.97 Å². The number of benzene rings is 2. The number of nitrogens with zero attached hydrogens (tertiary/aromatic N) is 2. The lowest BCUT2D eigenvalue weighted by Gasteiger charge is -2.30. The standard InChI is InChI=1S/C25H30ClN3O4/c1-15(2)32-23-8-6-18(13-22(23)26)25(33-27)28-17(4)20-7-5-19-14-29(12-10-24(30)31)11-9-21(19)16(20)3/h5-8,13,15H,4,9-12,14,27H2,1-3H3,(H,30,31). The van der Waals surface area contributed by atoms with E-state index in [2.05, 4.69) is 29.5 Å². The van der Waals surface area contributed by atoms with Crippen LogP contribution < -0.4 is 10.6 Å². The Labute approximate surface area is 199 Å². The molecule has 2 aromatic rings. The second-order valence-corrected chi connectivity index (χ2v) is 8.75. The third-order valence-corrected chi connectivity index (χ3v) is 5.91. The molecule has 0 amide bonds. The Morgan fingerprint density at radius 1 is 1.33 bits per heavy atom. The second-order valence-electron chi connectivity index (χ2n) is 8.34. The Hall–Kier alpha value is -2.87. The van der Waals surface area contributed by atoms with Crippen LogP contribution in [0.15, 0.2) is 41.9 Å². The zero-order valence-electron chi connectivity index (χ0n) is 19.2. The van der Waals surface area contributed by atoms with Crippen LogP contribution in [0.2, 0.25) is 5.02 Å². The number of halogens is 1. The third-order valence-electron chi connectivity index (χ3n) is 5.61. The Balaban J connectivity index is 1.82. The second kappa shape index (κ2) is 10.8. The summed E-state index contributed by atoms with van der Waals surface area (Å²) in [5.41, 5.74) is 5.62. The number of aliphatic carboxylic acids is 1. The van der Waals surface area contributed by atoms with Crippen LogP contribution in [0.5, 0.6) is 5.75 Å². The highest BCUT2D eigenvalue weighted by Crippen LogP contribution is 2.30. The van der Waals surface area contributed by atoms with E-state index < -0.39 is 5.97 Å². The Morgan fingerprint density at radius 3 is 2.73 bits per heavy atom. The van der Waals surface area contributed by atoms with Crippen molar-refractivity contribution in [3.8, 4) is 5.75 Å². The molecule has 0 bridgehead atoms. The monoisotopic (exact) mass is 471 g/mol. The Morgan fingerprint density at radius 2 is 2.09 bits per heavy atom. The quantitative estimate of drug-likeness (QED) is 0.332. The summed E-state index contributed by atoms with van der Waals surface area (Å²) in [6.07, 6.45) is 0.996. The van der Waals surface area contributed by atoms with Crippen molar-refractivity contribution < 1.29 is 19.5 Å². The van der Waals surface area contributed by atoms with E-state index in [0.717, 1.165) is 30.6 Å². The minimum absolute atomic E-state index is 0.00302. The van der Waals surface area contributed by atoms with Gasteiger partial charge in [0.25, 0.3) is 0 Å². The van der Waals surface area contributed by atoms with Gasteiger partial charge in [0.2, 0.25) is 5.90 Å². The van der Waals surface area contributed by atoms with Crippen molar-refractivity contribution in [3.63, 3.8) is 0 Å². The summed E-state index contributed by atoms with van der Waals surface area (Å²) in [5, 5.41) is 9.38. The molecule has 8 heteroatoms. The van der Waals surface area contributed by atoms with Crippen molar-refractivity contribution in [1.29, 1.82) is 0 Å². The van der Waals surface area contributed by atoms with E-state index in [0.29, 0.717) is 28.6 Å². The summed E-state index contributed by atoms with van der Waals surface area (Å²) in [7, 11) is 0. The topological polar surface area (TPSA) is 97.4 Å². The smallest absolute Gasteiger partial charge is 0.304 e. The fourth-order valence-electron chi connectivity index (χ4n) is 3.98. The molecule has 7 nitrogen and oxygen atoms in total. The number of carboxylic acid groups (broad SMARTS) is 1. The van der Waals surface area contributed by atoms with Crippen LogP contribution in [0, 0.1) is 6.92 Å². The number of hydrogen-bond acceptors (Lipinski definition) is 6. The molecule has 0 unspecified atom stereocenters. The first-order valence-electron chi connectivity index (χ1n) is 10.9. The largest absolute Gasteiger partial charge is 0.489 e. The molecule has 33 heavy (non-hydrogen) atoms. The summed E-state index contributed by atoms with van der Waals surface area (Å²) in [6.45, 7) is 12.2. The zero-order valence-corrected chi connectivity index (χ0v) is 20.0. The lowest BCUT2D eigenvalue weighted by Crippen LogP contribution is -2.32. The van der Waals surface area contributed by atoms with E-state index in [1.165, 1.54) is 11.1 Å². The number of carbonyl (C=O) groups is 1. The van der Waals surface area contributed by atoms with E-state index in [1.807, 2.05) is 19.9 Å². The number of nitrogens with two attached hydrogens (primary N) is 1. The lowest BCUT2D eigenvalue weighted by molar-refractivity contribution is -0.137. The van der Waals surface area contributed by atoms with Crippen LogP contribution in [-0.2, 0) is 22.6 Å². The SMILES string of the molecule is C=C(N=C(ON)c1ccc(OC(C)C)c(Cl)c1)c1ccc2c(c1C)CCN(CCC(=O)O)C2. The van der Waals surface area contributed by atoms with Crippen LogP contribution in [0.1, 0.15) is 48.1 Å². The normalized spacial score (nSPS) is 14.2. The molecule has 0 spiro atoms. The molecule has 176 valence electrons. The van der Waals surface area contributed by atoms with E-state index in [9.17, 15) is 4.79 Å². The molecular weight excluding hydrogens is 442 g/mol. The molecular formula is C25H30ClN3O4. The van der Waals surface area contributed by atoms with Gasteiger partial charge in [0.05, 0.1) is 23.2 Å². The molecule has 1 aliphatic rings. The lowest BCUT2D eigenvalue weighted by atomic mass is 9.91. The number of aliphatic imine (C=N–C) groups is 1. The van der Waals surface area contributed by atoms with Gasteiger partial charge in [-0.3, -0.25) is 9.69 Å². The predicted molar refractivity (Wildman–Crippen MR) is 130 cm³/mol. The highest BCUT2D eigenvalue weighted by atomic mass is 35.5. The van der Waals surface area contributed by atoms with Gasteiger partial charge < -0.3 is 14.7 Å². The van der Waals surface area contributed by atoms with Gasteiger partial charge in [-0.15, -0.1) is 0 Å². The van der Waals surface area contributed by atoms with Crippen LogP contribution in [-0.4, -0.2) is 41.1 Å². The van der Waals surface area contributed by atoms with Crippen molar-refractivity contribution in [2.75, 3.05) is 13.1 Å². The number of ether oxygens (including phenoxy) is 1. The molecule has 3 N–H and O–H groups in total. The van der Waals surface area contributed by atoms with Gasteiger partial charge in [-0.1, -0.05) is 30.3 Å². The van der Waals surface area contributed by atoms with Gasteiger partial charge in [-0.2, -0.15) is 5.90 Å². The molecule has 0 saturated heterocycles. The number of rotatable bonds is 8. The van der Waals surface area contributed by atoms with E-state index in [4.69, 9.17) is 32.2 Å². The van der Waals surface area contributed by atoms with Crippen LogP contribution in [0.3, 0.4) is 0 Å². The fraction of sp³-hybridized carbons (Fsp3) is 0.360. The average Bonchev–Trinajstić information content (AvgIpc) is 2.77. The minimum Gasteiger partial charge on any atom is -0.489 e. The first-order valence-corrected chi connectivity index (χ1v) is 11.2. The molecule has 0 aliphatic carbocycles. The van der Waals surface area contributed by atoms with Crippen LogP contribution in [0.25, 0.3) is 5.70 Å². The predicted octanol–water partition coefficient (Wildman–Crippen LogP) is 4.58. The molecule has 0 aromatic heterocycles. The van der Waals surface area contributed by atoms with Gasteiger partial charge in [0.1, 0.15) is 5.75 Å². The summed E-state index contributed by atoms with van der Waals surface area (Å²) < 4.78 is 5.67. The minimum atomic E-state index is -0.775. The molecule has 0 saturated carbocycles. The fourth-order valence-corrected chi connectivity index (χ4v) is 4.21. The third kappa shape index (κ3) is 6.13. The number of hydrogen-bond donors (Lipinski definition) is 2. The van der Waals surface area contributed by atoms with Gasteiger partial charge in [-0.25, -0.2) is 4.99 Å². The van der Waals surface area contributed by atoms with Crippen LogP contribution >= 0.6 is 11.6 Å². The van der Waals surface area contributed by atoms with Crippen molar-refractivity contribution >= 4 is 29.2 Å². The average molecular weight is 472 g/mol. The van der Waals surface area contributed by atoms with Gasteiger partial charge in [0, 0.05) is 30.8 Å². The summed E-state index contributed by atoms with van der Waals surface area (Å²) >= 11 is 6.35. The van der Waals surface area contributed by atoms with Crippen molar-refractivity contribution in [1.82, 2.24) is 4.90 Å². The summed E-state index contributed by atoms with van der Waals surface area (Å²) in [5.74, 6) is 5.53. The van der Waals surface area contributed by atoms with Gasteiger partial charge in [0.15, 0.2) is 0 Å². The number of fused-ring (bicyclic) bond motifs is 1.